The lowest BCUT2D eigenvalue weighted by Crippen LogP contribution is -2.39. The average molecular weight is 471 g/mol. The summed E-state index contributed by atoms with van der Waals surface area (Å²) in [5.74, 6) is -0.228. The van der Waals surface area contributed by atoms with E-state index in [1.807, 2.05) is 60.7 Å². The van der Waals surface area contributed by atoms with Gasteiger partial charge >= 0.3 is 5.97 Å². The number of ether oxygens (including phenoxy) is 1. The van der Waals surface area contributed by atoms with Crippen LogP contribution in [0.2, 0.25) is 0 Å². The van der Waals surface area contributed by atoms with Gasteiger partial charge in [0.1, 0.15) is 12.6 Å². The van der Waals surface area contributed by atoms with Crippen LogP contribution in [0.15, 0.2) is 84.9 Å². The van der Waals surface area contributed by atoms with Gasteiger partial charge in [0.25, 0.3) is 0 Å². The lowest BCUT2D eigenvalue weighted by atomic mass is 10.1. The van der Waals surface area contributed by atoms with Crippen molar-refractivity contribution in [3.05, 3.63) is 105 Å². The number of hydrogen-bond acceptors (Lipinski definition) is 3. The molecule has 0 aromatic heterocycles. The Morgan fingerprint density at radius 2 is 1.41 bits per heavy atom. The van der Waals surface area contributed by atoms with Crippen LogP contribution in [0, 0.1) is 3.57 Å². The quantitative estimate of drug-likeness (QED) is 0.381. The Labute approximate surface area is 173 Å². The Kier molecular flexibility index (Phi) is 7.42. The van der Waals surface area contributed by atoms with Gasteiger partial charge in [-0.1, -0.05) is 72.8 Å². The summed E-state index contributed by atoms with van der Waals surface area (Å²) in [6.07, 6.45) is 0.595. The minimum atomic E-state index is -0.394. The van der Waals surface area contributed by atoms with Gasteiger partial charge in [0.15, 0.2) is 0 Å². The predicted molar refractivity (Wildman–Crippen MR) is 116 cm³/mol. The monoisotopic (exact) mass is 471 g/mol. The lowest BCUT2D eigenvalue weighted by molar-refractivity contribution is -0.147. The van der Waals surface area contributed by atoms with Crippen molar-refractivity contribution in [2.75, 3.05) is 0 Å². The summed E-state index contributed by atoms with van der Waals surface area (Å²) in [6, 6.07) is 27.7. The van der Waals surface area contributed by atoms with Crippen molar-refractivity contribution in [2.24, 2.45) is 0 Å². The van der Waals surface area contributed by atoms with Gasteiger partial charge in [-0.3, -0.25) is 4.79 Å². The van der Waals surface area contributed by atoms with E-state index in [4.69, 9.17) is 4.74 Å². The van der Waals surface area contributed by atoms with Crippen LogP contribution in [0.1, 0.15) is 16.7 Å². The number of benzene rings is 3. The molecule has 3 nitrogen and oxygen atoms in total. The molecule has 0 radical (unpaired) electrons. The van der Waals surface area contributed by atoms with Crippen LogP contribution >= 0.6 is 22.6 Å². The fourth-order valence-electron chi connectivity index (χ4n) is 2.76. The number of carbonyl (C=O) groups excluding carboxylic acids is 1. The van der Waals surface area contributed by atoms with Gasteiger partial charge in [0.2, 0.25) is 0 Å². The maximum Gasteiger partial charge on any atom is 0.323 e. The SMILES string of the molecule is O=C(OCc1ccccc1)[C@H](Cc1ccc(I)cc1)NCc1ccccc1. The van der Waals surface area contributed by atoms with Crippen LogP contribution < -0.4 is 5.32 Å². The van der Waals surface area contributed by atoms with Gasteiger partial charge in [-0.2, -0.15) is 0 Å². The van der Waals surface area contributed by atoms with Gasteiger partial charge in [-0.05, 0) is 57.8 Å². The number of hydrogen-bond donors (Lipinski definition) is 1. The molecule has 3 aromatic carbocycles. The van der Waals surface area contributed by atoms with Crippen molar-refractivity contribution in [1.82, 2.24) is 5.32 Å². The van der Waals surface area contributed by atoms with Gasteiger partial charge in [0.05, 0.1) is 0 Å². The maximum atomic E-state index is 12.7. The molecule has 0 heterocycles. The minimum absolute atomic E-state index is 0.228. The molecule has 4 heteroatoms. The molecule has 0 aliphatic carbocycles. The van der Waals surface area contributed by atoms with Crippen molar-refractivity contribution in [3.63, 3.8) is 0 Å². The highest BCUT2D eigenvalue weighted by atomic mass is 127. The van der Waals surface area contributed by atoms with E-state index in [0.29, 0.717) is 13.0 Å². The van der Waals surface area contributed by atoms with Gasteiger partial charge in [-0.25, -0.2) is 0 Å². The van der Waals surface area contributed by atoms with Crippen molar-refractivity contribution >= 4 is 28.6 Å². The summed E-state index contributed by atoms with van der Waals surface area (Å²) in [5.41, 5.74) is 3.24. The van der Waals surface area contributed by atoms with Crippen LogP contribution in [-0.2, 0) is 29.1 Å². The molecule has 138 valence electrons. The third-order valence-corrected chi connectivity index (χ3v) is 4.98. The van der Waals surface area contributed by atoms with Crippen molar-refractivity contribution in [2.45, 2.75) is 25.6 Å². The van der Waals surface area contributed by atoms with E-state index >= 15 is 0 Å². The molecule has 0 saturated heterocycles. The highest BCUT2D eigenvalue weighted by Gasteiger charge is 2.20. The van der Waals surface area contributed by atoms with Crippen molar-refractivity contribution in [1.29, 1.82) is 0 Å². The van der Waals surface area contributed by atoms with Crippen molar-refractivity contribution < 1.29 is 9.53 Å². The highest BCUT2D eigenvalue weighted by Crippen LogP contribution is 2.11. The lowest BCUT2D eigenvalue weighted by Gasteiger charge is -2.18. The Morgan fingerprint density at radius 3 is 2.04 bits per heavy atom. The normalized spacial score (nSPS) is 11.7. The van der Waals surface area contributed by atoms with Crippen LogP contribution in [0.4, 0.5) is 0 Å². The zero-order valence-electron chi connectivity index (χ0n) is 15.0. The van der Waals surface area contributed by atoms with E-state index < -0.39 is 6.04 Å². The molecule has 1 N–H and O–H groups in total. The van der Waals surface area contributed by atoms with E-state index in [-0.39, 0.29) is 12.6 Å². The van der Waals surface area contributed by atoms with E-state index in [1.165, 1.54) is 3.57 Å². The molecule has 0 saturated carbocycles. The molecule has 0 spiro atoms. The van der Waals surface area contributed by atoms with Crippen LogP contribution in [-0.4, -0.2) is 12.0 Å². The molecule has 3 rings (SSSR count). The second-order valence-corrected chi connectivity index (χ2v) is 7.59. The third-order valence-electron chi connectivity index (χ3n) is 4.26. The highest BCUT2D eigenvalue weighted by molar-refractivity contribution is 14.1. The topological polar surface area (TPSA) is 38.3 Å². The van der Waals surface area contributed by atoms with Gasteiger partial charge in [0, 0.05) is 10.1 Å². The van der Waals surface area contributed by atoms with E-state index in [2.05, 4.69) is 52.2 Å². The Bertz CT molecular complexity index is 835. The number of halogens is 1. The zero-order chi connectivity index (χ0) is 18.9. The summed E-state index contributed by atoms with van der Waals surface area (Å²) in [6.45, 7) is 0.909. The second kappa shape index (κ2) is 10.2. The summed E-state index contributed by atoms with van der Waals surface area (Å²) >= 11 is 2.28. The predicted octanol–water partition coefficient (Wildman–Crippen LogP) is 4.74. The molecule has 0 unspecified atom stereocenters. The Balaban J connectivity index is 1.65. The number of rotatable bonds is 8. The summed E-state index contributed by atoms with van der Waals surface area (Å²) < 4.78 is 6.75. The van der Waals surface area contributed by atoms with E-state index in [1.54, 1.807) is 0 Å². The number of esters is 1. The minimum Gasteiger partial charge on any atom is -0.460 e. The zero-order valence-corrected chi connectivity index (χ0v) is 17.1. The Hall–Kier alpha value is -2.18. The molecule has 0 amide bonds. The largest absolute Gasteiger partial charge is 0.460 e. The molecule has 27 heavy (non-hydrogen) atoms. The first-order chi connectivity index (χ1) is 13.2. The summed E-state index contributed by atoms with van der Waals surface area (Å²) in [5, 5.41) is 3.36. The maximum absolute atomic E-state index is 12.7. The van der Waals surface area contributed by atoms with Gasteiger partial charge < -0.3 is 10.1 Å². The smallest absolute Gasteiger partial charge is 0.323 e. The number of nitrogens with one attached hydrogen (secondary N) is 1. The van der Waals surface area contributed by atoms with E-state index in [9.17, 15) is 4.79 Å². The average Bonchev–Trinajstić information content (AvgIpc) is 2.72. The summed E-state index contributed by atoms with van der Waals surface area (Å²) in [4.78, 5) is 12.7. The van der Waals surface area contributed by atoms with Crippen molar-refractivity contribution in [3.8, 4) is 0 Å². The van der Waals surface area contributed by atoms with E-state index in [0.717, 1.165) is 16.7 Å². The molecular weight excluding hydrogens is 449 g/mol. The first-order valence-electron chi connectivity index (χ1n) is 8.93. The molecular formula is C23H22INO2. The molecule has 0 aliphatic heterocycles. The van der Waals surface area contributed by atoms with Crippen LogP contribution in [0.5, 0.6) is 0 Å². The fraction of sp³-hybridized carbons (Fsp3) is 0.174. The molecule has 0 fully saturated rings. The second-order valence-electron chi connectivity index (χ2n) is 6.34. The molecule has 0 aliphatic rings. The van der Waals surface area contributed by atoms with Crippen LogP contribution in [0.25, 0.3) is 0 Å². The third kappa shape index (κ3) is 6.48. The Morgan fingerprint density at radius 1 is 0.815 bits per heavy atom. The number of carbonyl (C=O) groups is 1. The van der Waals surface area contributed by atoms with Gasteiger partial charge in [-0.15, -0.1) is 0 Å². The van der Waals surface area contributed by atoms with Crippen LogP contribution in [0.3, 0.4) is 0 Å². The standard InChI is InChI=1S/C23H22INO2/c24-21-13-11-18(12-14-21)15-22(25-16-19-7-3-1-4-8-19)23(26)27-17-20-9-5-2-6-10-20/h1-14,22,25H,15-17H2/t22-/m0/s1. The molecule has 1 atom stereocenters. The molecule has 0 bridgehead atoms. The first-order valence-corrected chi connectivity index (χ1v) is 10.0. The molecule has 3 aromatic rings. The first kappa shape index (κ1) is 19.6. The summed E-state index contributed by atoms with van der Waals surface area (Å²) in [7, 11) is 0. The fourth-order valence-corrected chi connectivity index (χ4v) is 3.12.